The quantitative estimate of drug-likeness (QED) is 0.456. The van der Waals surface area contributed by atoms with Crippen LogP contribution < -0.4 is 4.90 Å². The topological polar surface area (TPSA) is 37.4 Å². The summed E-state index contributed by atoms with van der Waals surface area (Å²) in [6.07, 6.45) is 1.64. The molecule has 1 saturated heterocycles. The average molecular weight is 418 g/mol. The molecule has 0 bridgehead atoms. The lowest BCUT2D eigenvalue weighted by atomic mass is 9.85. The summed E-state index contributed by atoms with van der Waals surface area (Å²) in [4.78, 5) is 27.1. The summed E-state index contributed by atoms with van der Waals surface area (Å²) >= 11 is 6.02. The van der Waals surface area contributed by atoms with Gasteiger partial charge in [0, 0.05) is 40.8 Å². The third-order valence-corrected chi connectivity index (χ3v) is 6.10. The second kappa shape index (κ2) is 8.85. The monoisotopic (exact) mass is 417 g/mol. The number of rotatable bonds is 5. The maximum atomic E-state index is 13.3. The van der Waals surface area contributed by atoms with E-state index >= 15 is 0 Å². The van der Waals surface area contributed by atoms with E-state index in [4.69, 9.17) is 11.6 Å². The SMILES string of the molecule is CC(=O)c1ccc(N2CCC(C(=O)c3ccccc3-c3ccc(Cl)cc3)CC2)cc1. The van der Waals surface area contributed by atoms with Gasteiger partial charge in [0.15, 0.2) is 11.6 Å². The standard InChI is InChI=1S/C26H24ClNO2/c1-18(29)19-8-12-23(13-9-19)28-16-14-21(15-17-28)26(30)25-5-3-2-4-24(25)20-6-10-22(27)11-7-20/h2-13,21H,14-17H2,1H3. The van der Waals surface area contributed by atoms with Gasteiger partial charge in [0.25, 0.3) is 0 Å². The molecule has 0 N–H and O–H groups in total. The van der Waals surface area contributed by atoms with Crippen LogP contribution >= 0.6 is 11.6 Å². The summed E-state index contributed by atoms with van der Waals surface area (Å²) in [5, 5.41) is 0.686. The van der Waals surface area contributed by atoms with E-state index in [1.165, 1.54) is 0 Å². The summed E-state index contributed by atoms with van der Waals surface area (Å²) in [7, 11) is 0. The molecule has 0 radical (unpaired) electrons. The maximum absolute atomic E-state index is 13.3. The van der Waals surface area contributed by atoms with Crippen molar-refractivity contribution in [3.05, 3.63) is 88.9 Å². The summed E-state index contributed by atoms with van der Waals surface area (Å²) in [6.45, 7) is 3.24. The van der Waals surface area contributed by atoms with E-state index in [2.05, 4.69) is 4.90 Å². The second-order valence-corrected chi connectivity index (χ2v) is 8.22. The third-order valence-electron chi connectivity index (χ3n) is 5.85. The lowest BCUT2D eigenvalue weighted by molar-refractivity contribution is 0.0900. The van der Waals surface area contributed by atoms with Crippen LogP contribution in [0.15, 0.2) is 72.8 Å². The van der Waals surface area contributed by atoms with Gasteiger partial charge in [-0.05, 0) is 67.3 Å². The summed E-state index contributed by atoms with van der Waals surface area (Å²) in [5.41, 5.74) is 4.58. The van der Waals surface area contributed by atoms with Crippen molar-refractivity contribution in [3.63, 3.8) is 0 Å². The molecule has 0 atom stereocenters. The van der Waals surface area contributed by atoms with Crippen LogP contribution in [0.5, 0.6) is 0 Å². The minimum atomic E-state index is 0.0196. The van der Waals surface area contributed by atoms with E-state index < -0.39 is 0 Å². The van der Waals surface area contributed by atoms with Crippen molar-refractivity contribution >= 4 is 28.9 Å². The molecule has 3 aromatic carbocycles. The molecule has 1 aliphatic heterocycles. The van der Waals surface area contributed by atoms with Gasteiger partial charge in [-0.15, -0.1) is 0 Å². The minimum absolute atomic E-state index is 0.0196. The number of carbonyl (C=O) groups excluding carboxylic acids is 2. The van der Waals surface area contributed by atoms with Gasteiger partial charge < -0.3 is 4.90 Å². The molecule has 1 aliphatic rings. The van der Waals surface area contributed by atoms with Crippen molar-refractivity contribution in [2.24, 2.45) is 5.92 Å². The number of nitrogens with zero attached hydrogens (tertiary/aromatic N) is 1. The normalized spacial score (nSPS) is 14.5. The number of ketones is 2. The molecule has 0 unspecified atom stereocenters. The van der Waals surface area contributed by atoms with Crippen LogP contribution in [-0.2, 0) is 0 Å². The lowest BCUT2D eigenvalue weighted by Crippen LogP contribution is -2.36. The minimum Gasteiger partial charge on any atom is -0.371 e. The first-order valence-electron chi connectivity index (χ1n) is 10.3. The smallest absolute Gasteiger partial charge is 0.166 e. The number of hydrogen-bond acceptors (Lipinski definition) is 3. The Morgan fingerprint density at radius 3 is 2.13 bits per heavy atom. The lowest BCUT2D eigenvalue weighted by Gasteiger charge is -2.33. The van der Waals surface area contributed by atoms with Gasteiger partial charge in [-0.2, -0.15) is 0 Å². The average Bonchev–Trinajstić information content (AvgIpc) is 2.79. The zero-order valence-electron chi connectivity index (χ0n) is 17.0. The van der Waals surface area contributed by atoms with Crippen LogP contribution in [0.1, 0.15) is 40.5 Å². The van der Waals surface area contributed by atoms with E-state index in [1.54, 1.807) is 6.92 Å². The number of anilines is 1. The van der Waals surface area contributed by atoms with Crippen LogP contribution in [0.2, 0.25) is 5.02 Å². The second-order valence-electron chi connectivity index (χ2n) is 7.78. The van der Waals surface area contributed by atoms with Gasteiger partial charge in [-0.3, -0.25) is 9.59 Å². The van der Waals surface area contributed by atoms with Crippen molar-refractivity contribution in [1.29, 1.82) is 0 Å². The van der Waals surface area contributed by atoms with Crippen LogP contribution in [0.25, 0.3) is 11.1 Å². The molecule has 3 aromatic rings. The zero-order chi connectivity index (χ0) is 21.1. The first-order chi connectivity index (χ1) is 14.5. The van der Waals surface area contributed by atoms with Crippen LogP contribution in [-0.4, -0.2) is 24.7 Å². The van der Waals surface area contributed by atoms with Crippen LogP contribution in [0.3, 0.4) is 0 Å². The van der Waals surface area contributed by atoms with Gasteiger partial charge >= 0.3 is 0 Å². The van der Waals surface area contributed by atoms with Gasteiger partial charge in [-0.25, -0.2) is 0 Å². The fourth-order valence-electron chi connectivity index (χ4n) is 4.11. The highest BCUT2D eigenvalue weighted by Gasteiger charge is 2.27. The molecular formula is C26H24ClNO2. The fraction of sp³-hybridized carbons (Fsp3) is 0.231. The number of benzene rings is 3. The molecule has 1 fully saturated rings. The highest BCUT2D eigenvalue weighted by Crippen LogP contribution is 2.31. The molecule has 0 aromatic heterocycles. The molecule has 152 valence electrons. The van der Waals surface area contributed by atoms with Crippen molar-refractivity contribution in [1.82, 2.24) is 0 Å². The predicted octanol–water partition coefficient (Wildman–Crippen LogP) is 6.31. The first kappa shape index (κ1) is 20.4. The Kier molecular flexibility index (Phi) is 6.01. The van der Waals surface area contributed by atoms with E-state index in [9.17, 15) is 9.59 Å². The van der Waals surface area contributed by atoms with E-state index in [0.717, 1.165) is 53.9 Å². The van der Waals surface area contributed by atoms with Crippen molar-refractivity contribution in [3.8, 4) is 11.1 Å². The van der Waals surface area contributed by atoms with Crippen molar-refractivity contribution in [2.45, 2.75) is 19.8 Å². The summed E-state index contributed by atoms with van der Waals surface area (Å²) in [6, 6.07) is 23.2. The van der Waals surface area contributed by atoms with E-state index in [1.807, 2.05) is 72.8 Å². The molecule has 3 nitrogen and oxygen atoms in total. The molecule has 0 saturated carbocycles. The predicted molar refractivity (Wildman–Crippen MR) is 123 cm³/mol. The molecule has 30 heavy (non-hydrogen) atoms. The first-order valence-corrected chi connectivity index (χ1v) is 10.7. The molecular weight excluding hydrogens is 394 g/mol. The number of halogens is 1. The van der Waals surface area contributed by atoms with Crippen LogP contribution in [0.4, 0.5) is 5.69 Å². The largest absolute Gasteiger partial charge is 0.371 e. The molecule has 0 aliphatic carbocycles. The number of Topliss-reactive ketones (excluding diaryl/α,β-unsaturated/α-hetero) is 2. The Hall–Kier alpha value is -2.91. The molecule has 4 rings (SSSR count). The van der Waals surface area contributed by atoms with Gasteiger partial charge in [0.05, 0.1) is 0 Å². The van der Waals surface area contributed by atoms with Crippen molar-refractivity contribution in [2.75, 3.05) is 18.0 Å². The summed E-state index contributed by atoms with van der Waals surface area (Å²) < 4.78 is 0. The Labute approximate surface area is 182 Å². The Balaban J connectivity index is 1.47. The van der Waals surface area contributed by atoms with Gasteiger partial charge in [0.2, 0.25) is 0 Å². The molecule has 4 heteroatoms. The maximum Gasteiger partial charge on any atom is 0.166 e. The zero-order valence-corrected chi connectivity index (χ0v) is 17.7. The Bertz CT molecular complexity index is 1050. The highest BCUT2D eigenvalue weighted by atomic mass is 35.5. The van der Waals surface area contributed by atoms with Gasteiger partial charge in [-0.1, -0.05) is 48.0 Å². The summed E-state index contributed by atoms with van der Waals surface area (Å²) in [5.74, 6) is 0.309. The fourth-order valence-corrected chi connectivity index (χ4v) is 4.23. The highest BCUT2D eigenvalue weighted by molar-refractivity contribution is 6.30. The number of piperidine rings is 1. The number of hydrogen-bond donors (Lipinski definition) is 0. The van der Waals surface area contributed by atoms with E-state index in [-0.39, 0.29) is 17.5 Å². The van der Waals surface area contributed by atoms with Crippen molar-refractivity contribution < 1.29 is 9.59 Å². The number of carbonyl (C=O) groups is 2. The molecule has 1 heterocycles. The molecule has 0 amide bonds. The Morgan fingerprint density at radius 1 is 0.867 bits per heavy atom. The van der Waals surface area contributed by atoms with E-state index in [0.29, 0.717) is 5.02 Å². The van der Waals surface area contributed by atoms with Gasteiger partial charge in [0.1, 0.15) is 0 Å². The molecule has 0 spiro atoms. The third kappa shape index (κ3) is 4.31. The van der Waals surface area contributed by atoms with Crippen LogP contribution in [0, 0.1) is 5.92 Å². The Morgan fingerprint density at radius 2 is 1.50 bits per heavy atom.